The summed E-state index contributed by atoms with van der Waals surface area (Å²) in [6.45, 7) is 6.00. The van der Waals surface area contributed by atoms with Crippen LogP contribution in [0.5, 0.6) is 5.75 Å². The number of rotatable bonds is 4. The summed E-state index contributed by atoms with van der Waals surface area (Å²) in [5, 5.41) is 0. The lowest BCUT2D eigenvalue weighted by Crippen LogP contribution is -2.38. The van der Waals surface area contributed by atoms with E-state index in [4.69, 9.17) is 15.2 Å². The topological polar surface area (TPSA) is 64.8 Å². The molecule has 2 rings (SSSR count). The minimum absolute atomic E-state index is 0.151. The van der Waals surface area contributed by atoms with Crippen molar-refractivity contribution in [3.8, 4) is 5.75 Å². The van der Waals surface area contributed by atoms with Crippen LogP contribution >= 0.6 is 0 Å². The number of carbonyl (C=O) groups excluding carboxylic acids is 1. The first-order chi connectivity index (χ1) is 10.5. The van der Waals surface area contributed by atoms with Gasteiger partial charge in [0.2, 0.25) is 0 Å². The van der Waals surface area contributed by atoms with Crippen molar-refractivity contribution in [3.63, 3.8) is 0 Å². The second-order valence-corrected chi connectivity index (χ2v) is 5.96. The molecule has 1 fully saturated rings. The smallest absolute Gasteiger partial charge is 0.409 e. The Morgan fingerprint density at radius 3 is 2.59 bits per heavy atom. The molecular formula is C17H26N2O3. The zero-order valence-electron chi connectivity index (χ0n) is 13.7. The monoisotopic (exact) mass is 306 g/mol. The van der Waals surface area contributed by atoms with E-state index in [1.54, 1.807) is 4.90 Å². The first-order valence-corrected chi connectivity index (χ1v) is 7.87. The average molecular weight is 306 g/mol. The highest BCUT2D eigenvalue weighted by Gasteiger charge is 2.25. The van der Waals surface area contributed by atoms with Gasteiger partial charge in [-0.25, -0.2) is 4.79 Å². The van der Waals surface area contributed by atoms with Crippen LogP contribution in [0.15, 0.2) is 18.2 Å². The van der Waals surface area contributed by atoms with Gasteiger partial charge in [0, 0.05) is 19.6 Å². The van der Waals surface area contributed by atoms with Gasteiger partial charge in [0.25, 0.3) is 0 Å². The number of methoxy groups -OCH3 is 1. The molecule has 1 aromatic rings. The van der Waals surface area contributed by atoms with Gasteiger partial charge in [-0.2, -0.15) is 0 Å². The molecule has 1 aromatic carbocycles. The molecule has 0 aliphatic carbocycles. The maximum absolute atomic E-state index is 11.6. The third-order valence-electron chi connectivity index (χ3n) is 4.08. The predicted molar refractivity (Wildman–Crippen MR) is 86.1 cm³/mol. The van der Waals surface area contributed by atoms with Gasteiger partial charge in [0.15, 0.2) is 0 Å². The third-order valence-corrected chi connectivity index (χ3v) is 4.08. The van der Waals surface area contributed by atoms with E-state index in [0.29, 0.717) is 12.5 Å². The number of ether oxygens (including phenoxy) is 2. The van der Waals surface area contributed by atoms with Crippen LogP contribution in [0.4, 0.5) is 4.79 Å². The minimum atomic E-state index is -0.241. The van der Waals surface area contributed by atoms with Crippen LogP contribution in [0.3, 0.4) is 0 Å². The van der Waals surface area contributed by atoms with Gasteiger partial charge in [-0.05, 0) is 55.9 Å². The highest BCUT2D eigenvalue weighted by molar-refractivity contribution is 5.67. The summed E-state index contributed by atoms with van der Waals surface area (Å²) in [6.07, 6.45) is 1.76. The molecule has 5 nitrogen and oxygen atoms in total. The van der Waals surface area contributed by atoms with Gasteiger partial charge in [-0.1, -0.05) is 6.07 Å². The Morgan fingerprint density at radius 1 is 1.36 bits per heavy atom. The van der Waals surface area contributed by atoms with Gasteiger partial charge in [-0.15, -0.1) is 0 Å². The van der Waals surface area contributed by atoms with E-state index in [2.05, 4.69) is 12.1 Å². The van der Waals surface area contributed by atoms with E-state index >= 15 is 0 Å². The molecule has 2 N–H and O–H groups in total. The lowest BCUT2D eigenvalue weighted by Gasteiger charge is -2.32. The van der Waals surface area contributed by atoms with Crippen molar-refractivity contribution in [2.24, 2.45) is 5.73 Å². The van der Waals surface area contributed by atoms with E-state index in [0.717, 1.165) is 37.2 Å². The summed E-state index contributed by atoms with van der Waals surface area (Å²) < 4.78 is 10.6. The normalized spacial score (nSPS) is 16.0. The molecule has 5 heteroatoms. The first-order valence-electron chi connectivity index (χ1n) is 7.87. The van der Waals surface area contributed by atoms with Crippen LogP contribution in [0.1, 0.15) is 43.7 Å². The molecule has 1 heterocycles. The number of nitrogens with two attached hydrogens (primary N) is 1. The third kappa shape index (κ3) is 3.91. The molecule has 0 bridgehead atoms. The summed E-state index contributed by atoms with van der Waals surface area (Å²) >= 11 is 0. The fraction of sp³-hybridized carbons (Fsp3) is 0.588. The Kier molecular flexibility index (Phi) is 5.66. The number of piperidine rings is 1. The molecule has 0 aromatic heterocycles. The van der Waals surface area contributed by atoms with Gasteiger partial charge in [-0.3, -0.25) is 0 Å². The molecule has 1 aliphatic heterocycles. The van der Waals surface area contributed by atoms with E-state index in [9.17, 15) is 4.79 Å². The number of benzene rings is 1. The van der Waals surface area contributed by atoms with Crippen molar-refractivity contribution < 1.29 is 14.3 Å². The summed E-state index contributed by atoms with van der Waals surface area (Å²) in [4.78, 5) is 13.3. The number of amides is 1. The Morgan fingerprint density at radius 2 is 2.05 bits per heavy atom. The maximum atomic E-state index is 11.6. The number of likely N-dealkylation sites (tertiary alicyclic amines) is 1. The second-order valence-electron chi connectivity index (χ2n) is 5.96. The van der Waals surface area contributed by atoms with Crippen molar-refractivity contribution in [3.05, 3.63) is 29.3 Å². The maximum Gasteiger partial charge on any atom is 0.409 e. The van der Waals surface area contributed by atoms with E-state index in [1.165, 1.54) is 12.7 Å². The Labute approximate surface area is 132 Å². The molecule has 1 saturated heterocycles. The van der Waals surface area contributed by atoms with Crippen molar-refractivity contribution >= 4 is 6.09 Å². The zero-order chi connectivity index (χ0) is 16.1. The largest absolute Gasteiger partial charge is 0.491 e. The lowest BCUT2D eigenvalue weighted by molar-refractivity contribution is 0.112. The molecule has 1 aliphatic rings. The van der Waals surface area contributed by atoms with Crippen molar-refractivity contribution in [2.45, 2.75) is 45.3 Å². The second kappa shape index (κ2) is 7.49. The van der Waals surface area contributed by atoms with Gasteiger partial charge >= 0.3 is 6.09 Å². The van der Waals surface area contributed by atoms with E-state index in [1.807, 2.05) is 19.9 Å². The van der Waals surface area contributed by atoms with E-state index in [-0.39, 0.29) is 12.2 Å². The van der Waals surface area contributed by atoms with Crippen molar-refractivity contribution in [2.75, 3.05) is 20.2 Å². The van der Waals surface area contributed by atoms with Crippen LogP contribution in [0, 0.1) is 0 Å². The molecule has 1 amide bonds. The number of hydrogen-bond donors (Lipinski definition) is 1. The van der Waals surface area contributed by atoms with Crippen LogP contribution < -0.4 is 10.5 Å². The quantitative estimate of drug-likeness (QED) is 0.929. The molecule has 0 atom stereocenters. The Bertz CT molecular complexity index is 509. The average Bonchev–Trinajstić information content (AvgIpc) is 2.53. The van der Waals surface area contributed by atoms with Gasteiger partial charge in [0.05, 0.1) is 13.2 Å². The number of nitrogens with zero attached hydrogens (tertiary/aromatic N) is 1. The highest BCUT2D eigenvalue weighted by Crippen LogP contribution is 2.33. The number of hydrogen-bond acceptors (Lipinski definition) is 4. The van der Waals surface area contributed by atoms with Crippen molar-refractivity contribution in [1.82, 2.24) is 4.90 Å². The van der Waals surface area contributed by atoms with Crippen LogP contribution in [0.25, 0.3) is 0 Å². The van der Waals surface area contributed by atoms with Crippen molar-refractivity contribution in [1.29, 1.82) is 0 Å². The molecule has 122 valence electrons. The zero-order valence-corrected chi connectivity index (χ0v) is 13.7. The predicted octanol–water partition coefficient (Wildman–Crippen LogP) is 2.88. The molecule has 0 radical (unpaired) electrons. The first kappa shape index (κ1) is 16.6. The highest BCUT2D eigenvalue weighted by atomic mass is 16.5. The Hall–Kier alpha value is -1.75. The fourth-order valence-corrected chi connectivity index (χ4v) is 2.99. The van der Waals surface area contributed by atoms with Crippen LogP contribution in [-0.2, 0) is 11.3 Å². The molecule has 0 spiro atoms. The minimum Gasteiger partial charge on any atom is -0.491 e. The summed E-state index contributed by atoms with van der Waals surface area (Å²) in [5.74, 6) is 1.30. The molecule has 22 heavy (non-hydrogen) atoms. The lowest BCUT2D eigenvalue weighted by atomic mass is 9.86. The molecule has 0 unspecified atom stereocenters. The van der Waals surface area contributed by atoms with Crippen LogP contribution in [0.2, 0.25) is 0 Å². The van der Waals surface area contributed by atoms with Gasteiger partial charge in [0.1, 0.15) is 5.75 Å². The summed E-state index contributed by atoms with van der Waals surface area (Å²) in [5.41, 5.74) is 8.29. The standard InChI is InChI=1S/C17H26N2O3/c1-12(2)22-15-5-4-14(11-18)16(10-15)13-6-8-19(9-7-13)17(20)21-3/h4-5,10,12-13H,6-9,11,18H2,1-3H3. The molecule has 0 saturated carbocycles. The number of carbonyl (C=O) groups is 1. The van der Waals surface area contributed by atoms with E-state index < -0.39 is 0 Å². The van der Waals surface area contributed by atoms with Crippen LogP contribution in [-0.4, -0.2) is 37.3 Å². The SMILES string of the molecule is COC(=O)N1CCC(c2cc(OC(C)C)ccc2CN)CC1. The Balaban J connectivity index is 2.12. The summed E-state index contributed by atoms with van der Waals surface area (Å²) in [7, 11) is 1.42. The summed E-state index contributed by atoms with van der Waals surface area (Å²) in [6, 6.07) is 6.15. The van der Waals surface area contributed by atoms with Gasteiger partial charge < -0.3 is 20.1 Å². The molecular weight excluding hydrogens is 280 g/mol. The fourth-order valence-electron chi connectivity index (χ4n) is 2.99.